The van der Waals surface area contributed by atoms with Crippen molar-refractivity contribution < 1.29 is 32.4 Å². The van der Waals surface area contributed by atoms with Crippen LogP contribution in [0.2, 0.25) is 0 Å². The minimum Gasteiger partial charge on any atom is -0.497 e. The number of halogens is 2. The number of rotatable bonds is 8. The Hall–Kier alpha value is -4.73. The molecule has 0 atom stereocenters. The van der Waals surface area contributed by atoms with Crippen molar-refractivity contribution in [3.05, 3.63) is 101 Å². The van der Waals surface area contributed by atoms with Crippen molar-refractivity contribution in [2.45, 2.75) is 13.8 Å². The fraction of sp³-hybridized carbons (Fsp3) is 0.167. The normalized spacial score (nSPS) is 13.5. The van der Waals surface area contributed by atoms with E-state index in [1.807, 2.05) is 0 Å². The van der Waals surface area contributed by atoms with Crippen LogP contribution in [0.15, 0.2) is 77.8 Å². The van der Waals surface area contributed by atoms with Gasteiger partial charge in [-0.2, -0.15) is 0 Å². The van der Waals surface area contributed by atoms with Gasteiger partial charge in [0.25, 0.3) is 0 Å². The van der Waals surface area contributed by atoms with E-state index >= 15 is 8.63 Å². The summed E-state index contributed by atoms with van der Waals surface area (Å²) in [5.74, 6) is -0.927. The molecule has 0 saturated carbocycles. The standard InChI is InChI=1S/C30H25BF2N2O5/c1-4-39-29(36)26-21-11-7-6-10-20(21)25(34-26)24(18-14-16-19(38-3)17-15-18)27-22-12-8-9-13-23(22)28(30(37)40-5-2)35(27)31(32)33/h6-17H,4-5H2,1-3H3/b25-24-. The number of carbonyl (C=O) groups is 2. The maximum atomic E-state index is 15.0. The quantitative estimate of drug-likeness (QED) is 0.205. The Labute approximate surface area is 229 Å². The summed E-state index contributed by atoms with van der Waals surface area (Å²) >= 11 is 0. The number of fused-ring (bicyclic) bond motifs is 2. The summed E-state index contributed by atoms with van der Waals surface area (Å²) < 4.78 is 46.5. The molecule has 2 heterocycles. The molecule has 7 nitrogen and oxygen atoms in total. The summed E-state index contributed by atoms with van der Waals surface area (Å²) in [5.41, 5.74) is 2.09. The second kappa shape index (κ2) is 11.2. The number of aliphatic imine (C=N–C) groups is 1. The predicted octanol–water partition coefficient (Wildman–Crippen LogP) is 5.88. The zero-order chi connectivity index (χ0) is 28.4. The van der Waals surface area contributed by atoms with Crippen LogP contribution in [0.5, 0.6) is 5.75 Å². The van der Waals surface area contributed by atoms with Crippen LogP contribution in [0, 0.1) is 0 Å². The Kier molecular flexibility index (Phi) is 7.51. The number of hydrogen-bond donors (Lipinski definition) is 0. The van der Waals surface area contributed by atoms with Crippen molar-refractivity contribution in [2.75, 3.05) is 20.3 Å². The van der Waals surface area contributed by atoms with Crippen LogP contribution in [-0.4, -0.2) is 49.9 Å². The fourth-order valence-corrected chi connectivity index (χ4v) is 4.94. The molecule has 1 aliphatic heterocycles. The van der Waals surface area contributed by atoms with E-state index in [4.69, 9.17) is 14.2 Å². The highest BCUT2D eigenvalue weighted by atomic mass is 19.2. The van der Waals surface area contributed by atoms with E-state index in [1.54, 1.807) is 86.6 Å². The van der Waals surface area contributed by atoms with Gasteiger partial charge in [-0.15, -0.1) is 0 Å². The molecule has 3 aromatic carbocycles. The van der Waals surface area contributed by atoms with Gasteiger partial charge in [0, 0.05) is 27.5 Å². The maximum Gasteiger partial charge on any atom is 0.678 e. The van der Waals surface area contributed by atoms with Gasteiger partial charge in [-0.25, -0.2) is 14.6 Å². The summed E-state index contributed by atoms with van der Waals surface area (Å²) in [6, 6.07) is 20.6. The van der Waals surface area contributed by atoms with Gasteiger partial charge >= 0.3 is 19.3 Å². The van der Waals surface area contributed by atoms with Gasteiger partial charge in [-0.05, 0) is 31.5 Å². The highest BCUT2D eigenvalue weighted by molar-refractivity contribution is 6.47. The molecule has 5 rings (SSSR count). The van der Waals surface area contributed by atoms with Gasteiger partial charge < -0.3 is 18.7 Å². The highest BCUT2D eigenvalue weighted by Crippen LogP contribution is 2.43. The van der Waals surface area contributed by atoms with Crippen LogP contribution in [-0.2, 0) is 14.3 Å². The SMILES string of the molecule is CCOC(=O)C1=N/C(=C(/c2ccc(OC)cc2)c2c3ccccc3c(C(=O)OCC)n2B(F)F)c2ccccc21. The lowest BCUT2D eigenvalue weighted by atomic mass is 9.93. The van der Waals surface area contributed by atoms with Crippen molar-refractivity contribution in [3.63, 3.8) is 0 Å². The second-order valence-corrected chi connectivity index (χ2v) is 8.79. The van der Waals surface area contributed by atoms with E-state index in [1.165, 1.54) is 7.11 Å². The Morgan fingerprint density at radius 2 is 1.38 bits per heavy atom. The van der Waals surface area contributed by atoms with Crippen LogP contribution in [0.1, 0.15) is 46.7 Å². The maximum absolute atomic E-state index is 15.0. The second-order valence-electron chi connectivity index (χ2n) is 8.79. The molecule has 0 spiro atoms. The smallest absolute Gasteiger partial charge is 0.497 e. The van der Waals surface area contributed by atoms with E-state index in [0.29, 0.717) is 49.0 Å². The molecule has 202 valence electrons. The average Bonchev–Trinajstić information content (AvgIpc) is 3.51. The summed E-state index contributed by atoms with van der Waals surface area (Å²) in [6.07, 6.45) is 0. The lowest BCUT2D eigenvalue weighted by Crippen LogP contribution is -2.23. The highest BCUT2D eigenvalue weighted by Gasteiger charge is 2.36. The molecule has 40 heavy (non-hydrogen) atoms. The van der Waals surface area contributed by atoms with Gasteiger partial charge in [-0.1, -0.05) is 60.7 Å². The molecule has 1 aliphatic rings. The van der Waals surface area contributed by atoms with Crippen LogP contribution >= 0.6 is 0 Å². The molecule has 0 unspecified atom stereocenters. The van der Waals surface area contributed by atoms with Crippen LogP contribution < -0.4 is 4.74 Å². The molecule has 0 aliphatic carbocycles. The topological polar surface area (TPSA) is 79.1 Å². The molecule has 10 heteroatoms. The van der Waals surface area contributed by atoms with Crippen molar-refractivity contribution in [1.82, 2.24) is 4.48 Å². The van der Waals surface area contributed by atoms with Crippen LogP contribution in [0.25, 0.3) is 22.0 Å². The molecular formula is C30H25BF2N2O5. The first kappa shape index (κ1) is 26.9. The molecule has 0 saturated heterocycles. The monoisotopic (exact) mass is 542 g/mol. The Morgan fingerprint density at radius 1 is 0.800 bits per heavy atom. The minimum atomic E-state index is -3.10. The van der Waals surface area contributed by atoms with Crippen LogP contribution in [0.3, 0.4) is 0 Å². The Morgan fingerprint density at radius 3 is 1.98 bits per heavy atom. The van der Waals surface area contributed by atoms with E-state index in [-0.39, 0.29) is 30.3 Å². The van der Waals surface area contributed by atoms with Gasteiger partial charge in [0.2, 0.25) is 0 Å². The van der Waals surface area contributed by atoms with Crippen molar-refractivity contribution in [1.29, 1.82) is 0 Å². The number of ether oxygens (including phenoxy) is 3. The van der Waals surface area contributed by atoms with Crippen molar-refractivity contribution in [2.24, 2.45) is 4.99 Å². The number of hydrogen-bond acceptors (Lipinski definition) is 6. The lowest BCUT2D eigenvalue weighted by Gasteiger charge is -2.16. The molecule has 0 amide bonds. The number of aromatic nitrogens is 1. The van der Waals surface area contributed by atoms with Crippen LogP contribution in [0.4, 0.5) is 8.63 Å². The summed E-state index contributed by atoms with van der Waals surface area (Å²) in [5, 5.41) is 0.713. The Balaban J connectivity index is 1.95. The molecule has 1 aromatic heterocycles. The predicted molar refractivity (Wildman–Crippen MR) is 150 cm³/mol. The van der Waals surface area contributed by atoms with E-state index in [9.17, 15) is 9.59 Å². The molecule has 0 fully saturated rings. The van der Waals surface area contributed by atoms with E-state index < -0.39 is 19.3 Å². The fourth-order valence-electron chi connectivity index (χ4n) is 4.94. The lowest BCUT2D eigenvalue weighted by molar-refractivity contribution is -0.134. The largest absolute Gasteiger partial charge is 0.678 e. The van der Waals surface area contributed by atoms with Gasteiger partial charge in [0.05, 0.1) is 31.7 Å². The number of nitrogens with zero attached hydrogens (tertiary/aromatic N) is 2. The van der Waals surface area contributed by atoms with Crippen molar-refractivity contribution >= 4 is 47.1 Å². The van der Waals surface area contributed by atoms with E-state index in [0.717, 1.165) is 0 Å². The number of carbonyl (C=O) groups excluding carboxylic acids is 2. The number of esters is 2. The first-order valence-corrected chi connectivity index (χ1v) is 12.7. The zero-order valence-electron chi connectivity index (χ0n) is 22.1. The van der Waals surface area contributed by atoms with Crippen molar-refractivity contribution in [3.8, 4) is 5.75 Å². The number of benzene rings is 3. The first-order chi connectivity index (χ1) is 19.4. The first-order valence-electron chi connectivity index (χ1n) is 12.7. The number of methoxy groups -OCH3 is 1. The summed E-state index contributed by atoms with van der Waals surface area (Å²) in [6.45, 7) is 3.47. The van der Waals surface area contributed by atoms with E-state index in [2.05, 4.69) is 4.99 Å². The molecule has 0 radical (unpaired) electrons. The molecule has 0 bridgehead atoms. The third kappa shape index (κ3) is 4.55. The Bertz CT molecular complexity index is 1680. The average molecular weight is 542 g/mol. The molecular weight excluding hydrogens is 517 g/mol. The summed E-state index contributed by atoms with van der Waals surface area (Å²) in [7, 11) is -1.57. The zero-order valence-corrected chi connectivity index (χ0v) is 22.1. The van der Waals surface area contributed by atoms with Gasteiger partial charge in [0.1, 0.15) is 11.4 Å². The van der Waals surface area contributed by atoms with Gasteiger partial charge in [0.15, 0.2) is 5.71 Å². The van der Waals surface area contributed by atoms with Gasteiger partial charge in [-0.3, -0.25) is 8.63 Å². The third-order valence-electron chi connectivity index (χ3n) is 6.57. The minimum absolute atomic E-state index is 0.0178. The molecule has 4 aromatic rings. The molecule has 0 N–H and O–H groups in total. The summed E-state index contributed by atoms with van der Waals surface area (Å²) in [4.78, 5) is 30.7. The third-order valence-corrected chi connectivity index (χ3v) is 6.57.